The van der Waals surface area contributed by atoms with E-state index in [2.05, 4.69) is 15.0 Å². The minimum Gasteiger partial charge on any atom is -0.480 e. The Bertz CT molecular complexity index is 724. The predicted molar refractivity (Wildman–Crippen MR) is 71.0 cm³/mol. The van der Waals surface area contributed by atoms with Crippen molar-refractivity contribution in [3.63, 3.8) is 0 Å². The zero-order valence-corrected chi connectivity index (χ0v) is 12.2. The first-order valence-electron chi connectivity index (χ1n) is 5.22. The highest BCUT2D eigenvalue weighted by Gasteiger charge is 2.17. The van der Waals surface area contributed by atoms with Crippen molar-refractivity contribution in [2.45, 2.75) is 17.3 Å². The number of sulfonamides is 1. The zero-order chi connectivity index (χ0) is 14.8. The van der Waals surface area contributed by atoms with E-state index in [0.717, 1.165) is 16.0 Å². The lowest BCUT2D eigenvalue weighted by molar-refractivity contribution is -0.137. The molecule has 0 atom stereocenters. The average Bonchev–Trinajstić information content (AvgIpc) is 2.95. The third-order valence-electron chi connectivity index (χ3n) is 2.14. The molecule has 0 aliphatic rings. The van der Waals surface area contributed by atoms with Crippen molar-refractivity contribution in [1.82, 2.24) is 19.7 Å². The smallest absolute Gasteiger partial charge is 0.325 e. The number of carbonyl (C=O) groups is 1. The summed E-state index contributed by atoms with van der Waals surface area (Å²) in [6.07, 6.45) is 1.36. The number of hydrogen-bond acceptors (Lipinski definition) is 6. The number of halogens is 1. The second-order valence-corrected chi connectivity index (χ2v) is 7.39. The highest BCUT2D eigenvalue weighted by Crippen LogP contribution is 2.25. The van der Waals surface area contributed by atoms with Crippen LogP contribution in [0, 0.1) is 0 Å². The number of thiophene rings is 1. The fourth-order valence-corrected chi connectivity index (χ4v) is 3.84. The number of aromatic nitrogens is 3. The Balaban J connectivity index is 2.01. The van der Waals surface area contributed by atoms with Gasteiger partial charge in [-0.3, -0.25) is 4.79 Å². The lowest BCUT2D eigenvalue weighted by atomic mass is 10.5. The summed E-state index contributed by atoms with van der Waals surface area (Å²) in [5.41, 5.74) is 0.317. The Morgan fingerprint density at radius 2 is 2.25 bits per heavy atom. The predicted octanol–water partition coefficient (Wildman–Crippen LogP) is 0.556. The van der Waals surface area contributed by atoms with Crippen LogP contribution in [0.2, 0.25) is 4.34 Å². The van der Waals surface area contributed by atoms with E-state index >= 15 is 0 Å². The van der Waals surface area contributed by atoms with Crippen molar-refractivity contribution in [1.29, 1.82) is 0 Å². The lowest BCUT2D eigenvalue weighted by Crippen LogP contribution is -2.22. The van der Waals surface area contributed by atoms with Crippen molar-refractivity contribution in [3.8, 4) is 0 Å². The second kappa shape index (κ2) is 5.87. The maximum atomic E-state index is 11.9. The molecule has 8 nitrogen and oxygen atoms in total. The molecule has 0 radical (unpaired) electrons. The van der Waals surface area contributed by atoms with E-state index in [1.54, 1.807) is 0 Å². The summed E-state index contributed by atoms with van der Waals surface area (Å²) in [6, 6.07) is 2.89. The Hall–Kier alpha value is -1.49. The number of nitrogens with one attached hydrogen (secondary N) is 1. The number of hydrogen-bond donors (Lipinski definition) is 2. The maximum absolute atomic E-state index is 11.9. The lowest BCUT2D eigenvalue weighted by Gasteiger charge is -2.01. The highest BCUT2D eigenvalue weighted by molar-refractivity contribution is 7.91. The van der Waals surface area contributed by atoms with Crippen LogP contribution in [0.25, 0.3) is 0 Å². The number of rotatable bonds is 6. The van der Waals surface area contributed by atoms with E-state index in [1.807, 2.05) is 0 Å². The Kier molecular flexibility index (Phi) is 4.38. The van der Waals surface area contributed by atoms with Gasteiger partial charge in [0.2, 0.25) is 10.0 Å². The molecule has 2 aromatic rings. The van der Waals surface area contributed by atoms with Crippen LogP contribution in [0.5, 0.6) is 0 Å². The van der Waals surface area contributed by atoms with Crippen molar-refractivity contribution in [2.75, 3.05) is 0 Å². The third-order valence-corrected chi connectivity index (χ3v) is 5.26. The van der Waals surface area contributed by atoms with Crippen LogP contribution in [0.1, 0.15) is 5.69 Å². The molecular formula is C9H9ClN4O4S2. The third kappa shape index (κ3) is 3.76. The Morgan fingerprint density at radius 1 is 1.50 bits per heavy atom. The first-order chi connectivity index (χ1) is 9.37. The molecule has 20 heavy (non-hydrogen) atoms. The van der Waals surface area contributed by atoms with Gasteiger partial charge >= 0.3 is 5.97 Å². The summed E-state index contributed by atoms with van der Waals surface area (Å²) < 4.78 is 27.7. The van der Waals surface area contributed by atoms with Crippen LogP contribution in [0.4, 0.5) is 0 Å². The van der Waals surface area contributed by atoms with Gasteiger partial charge in [-0.05, 0) is 12.1 Å². The standard InChI is InChI=1S/C9H9ClN4O4S2/c10-7-1-2-9(19-7)20(17,18)11-3-6-4-14(13-12-6)5-8(15)16/h1-2,4,11H,3,5H2,(H,15,16). The van der Waals surface area contributed by atoms with Gasteiger partial charge in [0.15, 0.2) is 0 Å². The van der Waals surface area contributed by atoms with Gasteiger partial charge in [-0.25, -0.2) is 17.8 Å². The van der Waals surface area contributed by atoms with E-state index in [9.17, 15) is 13.2 Å². The molecule has 108 valence electrons. The molecular weight excluding hydrogens is 328 g/mol. The van der Waals surface area contributed by atoms with Gasteiger partial charge < -0.3 is 5.11 Å². The van der Waals surface area contributed by atoms with E-state index < -0.39 is 16.0 Å². The van der Waals surface area contributed by atoms with Crippen LogP contribution in [-0.2, 0) is 27.9 Å². The van der Waals surface area contributed by atoms with Crippen LogP contribution >= 0.6 is 22.9 Å². The summed E-state index contributed by atoms with van der Waals surface area (Å²) in [6.45, 7) is -0.419. The zero-order valence-electron chi connectivity index (χ0n) is 9.85. The largest absolute Gasteiger partial charge is 0.480 e. The molecule has 11 heteroatoms. The van der Waals surface area contributed by atoms with Crippen molar-refractivity contribution >= 4 is 38.9 Å². The maximum Gasteiger partial charge on any atom is 0.325 e. The molecule has 0 bridgehead atoms. The Labute approximate surface area is 123 Å². The molecule has 0 aromatic carbocycles. The quantitative estimate of drug-likeness (QED) is 0.796. The Morgan fingerprint density at radius 3 is 2.85 bits per heavy atom. The normalized spacial score (nSPS) is 11.7. The minimum atomic E-state index is -3.66. The van der Waals surface area contributed by atoms with Gasteiger partial charge in [-0.2, -0.15) is 0 Å². The molecule has 2 N–H and O–H groups in total. The molecule has 0 aliphatic heterocycles. The fraction of sp³-hybridized carbons (Fsp3) is 0.222. The summed E-state index contributed by atoms with van der Waals surface area (Å²) >= 11 is 6.62. The fourth-order valence-electron chi connectivity index (χ4n) is 1.32. The number of carboxylic acids is 1. The van der Waals surface area contributed by atoms with Crippen LogP contribution in [0.15, 0.2) is 22.5 Å². The van der Waals surface area contributed by atoms with Gasteiger partial charge in [0.1, 0.15) is 10.8 Å². The minimum absolute atomic E-state index is 0.0858. The van der Waals surface area contributed by atoms with E-state index in [1.165, 1.54) is 18.3 Å². The summed E-state index contributed by atoms with van der Waals surface area (Å²) in [4.78, 5) is 10.5. The van der Waals surface area contributed by atoms with Crippen molar-refractivity contribution in [2.24, 2.45) is 0 Å². The van der Waals surface area contributed by atoms with Crippen molar-refractivity contribution < 1.29 is 18.3 Å². The molecule has 2 rings (SSSR count). The molecule has 0 amide bonds. The summed E-state index contributed by atoms with van der Waals surface area (Å²) in [5.74, 6) is -1.06. The highest BCUT2D eigenvalue weighted by atomic mass is 35.5. The number of carboxylic acid groups (broad SMARTS) is 1. The van der Waals surface area contributed by atoms with Gasteiger partial charge in [-0.15, -0.1) is 16.4 Å². The van der Waals surface area contributed by atoms with Crippen LogP contribution < -0.4 is 4.72 Å². The number of aliphatic carboxylic acids is 1. The summed E-state index contributed by atoms with van der Waals surface area (Å²) in [5, 5.41) is 15.8. The SMILES string of the molecule is O=C(O)Cn1cc(CNS(=O)(=O)c2ccc(Cl)s2)nn1. The van der Waals surface area contributed by atoms with E-state index in [4.69, 9.17) is 16.7 Å². The van der Waals surface area contributed by atoms with E-state index in [0.29, 0.717) is 10.0 Å². The van der Waals surface area contributed by atoms with Crippen molar-refractivity contribution in [3.05, 3.63) is 28.4 Å². The molecule has 2 heterocycles. The van der Waals surface area contributed by atoms with E-state index in [-0.39, 0.29) is 17.3 Å². The van der Waals surface area contributed by atoms with Crippen LogP contribution in [-0.4, -0.2) is 34.5 Å². The molecule has 0 unspecified atom stereocenters. The number of nitrogens with zero attached hydrogens (tertiary/aromatic N) is 3. The van der Waals surface area contributed by atoms with Crippen LogP contribution in [0.3, 0.4) is 0 Å². The molecule has 0 aliphatic carbocycles. The second-order valence-electron chi connectivity index (χ2n) is 3.68. The van der Waals surface area contributed by atoms with Gasteiger partial charge in [0.25, 0.3) is 0 Å². The van der Waals surface area contributed by atoms with Gasteiger partial charge in [-0.1, -0.05) is 16.8 Å². The molecule has 0 fully saturated rings. The summed E-state index contributed by atoms with van der Waals surface area (Å²) in [7, 11) is -3.66. The first-order valence-corrected chi connectivity index (χ1v) is 7.90. The molecule has 0 saturated carbocycles. The molecule has 2 aromatic heterocycles. The monoisotopic (exact) mass is 336 g/mol. The topological polar surface area (TPSA) is 114 Å². The molecule has 0 spiro atoms. The first kappa shape index (κ1) is 14.9. The van der Waals surface area contributed by atoms with Gasteiger partial charge in [0.05, 0.1) is 22.8 Å². The average molecular weight is 337 g/mol. The van der Waals surface area contributed by atoms with Gasteiger partial charge in [0, 0.05) is 0 Å². The molecule has 0 saturated heterocycles.